The van der Waals surface area contributed by atoms with Gasteiger partial charge in [-0.1, -0.05) is 0 Å². The standard InChI is InChI=1S/C22H23O2P/c1-2-17-25(19-9-5-3-6-10-19,20-11-7-4-8-12-20)21-15-13-18(14-16-21)22(23)24/h3-16,25H,2,17H2,1H3,(H,23,24). The maximum absolute atomic E-state index is 11.2. The second kappa shape index (κ2) is 7.63. The number of carbonyl (C=O) groups is 1. The van der Waals surface area contributed by atoms with Gasteiger partial charge in [-0.2, -0.15) is 0 Å². The van der Waals surface area contributed by atoms with Gasteiger partial charge in [0, 0.05) is 0 Å². The van der Waals surface area contributed by atoms with E-state index in [4.69, 9.17) is 0 Å². The Morgan fingerprint density at radius 2 is 1.20 bits per heavy atom. The van der Waals surface area contributed by atoms with Crippen molar-refractivity contribution in [2.45, 2.75) is 13.3 Å². The molecule has 1 N–H and O–H groups in total. The van der Waals surface area contributed by atoms with Gasteiger partial charge in [0.05, 0.1) is 0 Å². The Balaban J connectivity index is 2.25. The van der Waals surface area contributed by atoms with Crippen LogP contribution in [-0.4, -0.2) is 17.2 Å². The first-order valence-electron chi connectivity index (χ1n) is 8.63. The van der Waals surface area contributed by atoms with Crippen LogP contribution in [0.1, 0.15) is 23.7 Å². The van der Waals surface area contributed by atoms with Crippen molar-refractivity contribution in [1.82, 2.24) is 0 Å². The Hall–Kier alpha value is -2.44. The van der Waals surface area contributed by atoms with Crippen LogP contribution in [0.15, 0.2) is 84.9 Å². The van der Waals surface area contributed by atoms with Crippen LogP contribution in [0.4, 0.5) is 0 Å². The molecular weight excluding hydrogens is 327 g/mol. The van der Waals surface area contributed by atoms with Crippen LogP contribution in [0.3, 0.4) is 0 Å². The molecule has 3 heteroatoms. The molecule has 128 valence electrons. The predicted molar refractivity (Wildman–Crippen MR) is 109 cm³/mol. The summed E-state index contributed by atoms with van der Waals surface area (Å²) in [7, 11) is -2.17. The third kappa shape index (κ3) is 3.36. The van der Waals surface area contributed by atoms with E-state index in [0.717, 1.165) is 12.6 Å². The van der Waals surface area contributed by atoms with Crippen molar-refractivity contribution in [3.05, 3.63) is 90.5 Å². The first-order chi connectivity index (χ1) is 12.2. The minimum absolute atomic E-state index is 0.337. The minimum atomic E-state index is -2.17. The summed E-state index contributed by atoms with van der Waals surface area (Å²) in [5.41, 5.74) is 0.337. The van der Waals surface area contributed by atoms with E-state index in [2.05, 4.69) is 55.5 Å². The molecular formula is C22H23O2P. The van der Waals surface area contributed by atoms with Crippen molar-refractivity contribution < 1.29 is 9.90 Å². The molecule has 0 atom stereocenters. The number of benzene rings is 3. The van der Waals surface area contributed by atoms with E-state index in [1.807, 2.05) is 24.3 Å². The summed E-state index contributed by atoms with van der Waals surface area (Å²) in [6.45, 7) is 2.22. The van der Waals surface area contributed by atoms with Gasteiger partial charge >= 0.3 is 149 Å². The van der Waals surface area contributed by atoms with E-state index >= 15 is 0 Å². The molecule has 0 aromatic heterocycles. The normalized spacial score (nSPS) is 11.9. The van der Waals surface area contributed by atoms with Gasteiger partial charge in [-0.15, -0.1) is 0 Å². The van der Waals surface area contributed by atoms with Crippen molar-refractivity contribution in [2.75, 3.05) is 6.16 Å². The van der Waals surface area contributed by atoms with E-state index in [9.17, 15) is 9.90 Å². The molecule has 0 aliphatic heterocycles. The molecule has 0 heterocycles. The van der Waals surface area contributed by atoms with Crippen LogP contribution in [0, 0.1) is 0 Å². The molecule has 2 nitrogen and oxygen atoms in total. The molecule has 3 rings (SSSR count). The predicted octanol–water partition coefficient (Wildman–Crippen LogP) is 3.82. The number of aromatic carboxylic acids is 1. The summed E-state index contributed by atoms with van der Waals surface area (Å²) >= 11 is 0. The number of rotatable bonds is 6. The zero-order valence-corrected chi connectivity index (χ0v) is 15.4. The third-order valence-corrected chi connectivity index (χ3v) is 9.99. The molecule has 0 saturated heterocycles. The number of hydrogen-bond acceptors (Lipinski definition) is 1. The Kier molecular flexibility index (Phi) is 5.31. The monoisotopic (exact) mass is 350 g/mol. The first-order valence-corrected chi connectivity index (χ1v) is 10.8. The molecule has 0 aliphatic carbocycles. The van der Waals surface area contributed by atoms with Crippen LogP contribution in [0.5, 0.6) is 0 Å². The molecule has 3 aromatic rings. The SMILES string of the molecule is CCC[PH](c1ccccc1)(c1ccccc1)c1ccc(C(=O)O)cc1. The second-order valence-corrected chi connectivity index (χ2v) is 10.3. The van der Waals surface area contributed by atoms with E-state index < -0.39 is 13.2 Å². The van der Waals surface area contributed by atoms with Gasteiger partial charge in [-0.3, -0.25) is 0 Å². The van der Waals surface area contributed by atoms with E-state index in [1.54, 1.807) is 12.1 Å². The van der Waals surface area contributed by atoms with Crippen LogP contribution >= 0.6 is 7.26 Å². The number of carboxylic acid groups (broad SMARTS) is 1. The Morgan fingerprint density at radius 1 is 0.760 bits per heavy atom. The molecule has 0 saturated carbocycles. The van der Waals surface area contributed by atoms with Crippen molar-refractivity contribution in [2.24, 2.45) is 0 Å². The van der Waals surface area contributed by atoms with Gasteiger partial charge in [-0.25, -0.2) is 0 Å². The average molecular weight is 350 g/mol. The van der Waals surface area contributed by atoms with Crippen LogP contribution in [0.2, 0.25) is 0 Å². The summed E-state index contributed by atoms with van der Waals surface area (Å²) in [5.74, 6) is -0.881. The molecule has 3 aromatic carbocycles. The van der Waals surface area contributed by atoms with Gasteiger partial charge in [0.2, 0.25) is 0 Å². The average Bonchev–Trinajstić information content (AvgIpc) is 2.67. The van der Waals surface area contributed by atoms with E-state index in [1.165, 1.54) is 15.9 Å². The summed E-state index contributed by atoms with van der Waals surface area (Å²) < 4.78 is 0. The third-order valence-electron chi connectivity index (χ3n) is 4.78. The quantitative estimate of drug-likeness (QED) is 0.686. The van der Waals surface area contributed by atoms with Crippen LogP contribution in [-0.2, 0) is 0 Å². The molecule has 0 spiro atoms. The van der Waals surface area contributed by atoms with Gasteiger partial charge in [0.15, 0.2) is 0 Å². The van der Waals surface area contributed by atoms with Crippen molar-refractivity contribution >= 4 is 29.1 Å². The fraction of sp³-hybridized carbons (Fsp3) is 0.136. The maximum atomic E-state index is 11.2. The molecule has 0 fully saturated rings. The Bertz CT molecular complexity index is 787. The van der Waals surface area contributed by atoms with Gasteiger partial charge < -0.3 is 0 Å². The van der Waals surface area contributed by atoms with Crippen LogP contribution < -0.4 is 15.9 Å². The summed E-state index contributed by atoms with van der Waals surface area (Å²) in [6, 6.07) is 28.9. The molecule has 0 amide bonds. The fourth-order valence-corrected chi connectivity index (χ4v) is 8.53. The second-order valence-electron chi connectivity index (χ2n) is 6.27. The van der Waals surface area contributed by atoms with Gasteiger partial charge in [-0.05, 0) is 0 Å². The fourth-order valence-electron chi connectivity index (χ4n) is 3.65. The molecule has 0 unspecified atom stereocenters. The topological polar surface area (TPSA) is 37.3 Å². The van der Waals surface area contributed by atoms with E-state index in [0.29, 0.717) is 5.56 Å². The van der Waals surface area contributed by atoms with Gasteiger partial charge in [0.1, 0.15) is 0 Å². The van der Waals surface area contributed by atoms with Gasteiger partial charge in [0.25, 0.3) is 0 Å². The summed E-state index contributed by atoms with van der Waals surface area (Å²) in [6.07, 6.45) is 2.17. The first kappa shape index (κ1) is 17.4. The van der Waals surface area contributed by atoms with Crippen molar-refractivity contribution in [1.29, 1.82) is 0 Å². The Labute approximate surface area is 149 Å². The molecule has 0 aliphatic rings. The zero-order chi connectivity index (χ0) is 17.7. The number of carboxylic acids is 1. The van der Waals surface area contributed by atoms with Crippen molar-refractivity contribution in [3.8, 4) is 0 Å². The molecule has 25 heavy (non-hydrogen) atoms. The van der Waals surface area contributed by atoms with E-state index in [-0.39, 0.29) is 0 Å². The summed E-state index contributed by atoms with van der Waals surface area (Å²) in [4.78, 5) is 11.2. The number of hydrogen-bond donors (Lipinski definition) is 1. The zero-order valence-electron chi connectivity index (χ0n) is 14.4. The van der Waals surface area contributed by atoms with Crippen molar-refractivity contribution in [3.63, 3.8) is 0 Å². The Morgan fingerprint density at radius 3 is 1.60 bits per heavy atom. The molecule has 0 bridgehead atoms. The van der Waals surface area contributed by atoms with Crippen LogP contribution in [0.25, 0.3) is 0 Å². The molecule has 0 radical (unpaired) electrons. The summed E-state index contributed by atoms with van der Waals surface area (Å²) in [5, 5.41) is 13.2.